The number of amides is 1. The number of hydrogen-bond donors (Lipinski definition) is 2. The van der Waals surface area contributed by atoms with Gasteiger partial charge in [-0.2, -0.15) is 5.10 Å². The van der Waals surface area contributed by atoms with Crippen molar-refractivity contribution in [2.24, 2.45) is 5.10 Å². The lowest BCUT2D eigenvalue weighted by molar-refractivity contribution is -0.123. The lowest BCUT2D eigenvalue weighted by atomic mass is 10.2. The standard InChI is InChI=1S/C16H16N2O3/c1-12-4-2-3-5-15(12)21-11-16(20)18-17-10-13-6-8-14(19)9-7-13/h2-10,19H,11H2,1H3,(H,18,20). The van der Waals surface area contributed by atoms with Crippen molar-refractivity contribution >= 4 is 12.1 Å². The highest BCUT2D eigenvalue weighted by molar-refractivity contribution is 5.83. The summed E-state index contributed by atoms with van der Waals surface area (Å²) in [4.78, 5) is 11.6. The van der Waals surface area contributed by atoms with E-state index in [0.717, 1.165) is 11.1 Å². The molecular formula is C16H16N2O3. The lowest BCUT2D eigenvalue weighted by Crippen LogP contribution is -2.24. The molecule has 5 nitrogen and oxygen atoms in total. The highest BCUT2D eigenvalue weighted by atomic mass is 16.5. The number of benzene rings is 2. The number of nitrogens with zero attached hydrogens (tertiary/aromatic N) is 1. The Morgan fingerprint density at radius 2 is 1.95 bits per heavy atom. The number of aromatic hydroxyl groups is 1. The van der Waals surface area contributed by atoms with Gasteiger partial charge in [0.1, 0.15) is 11.5 Å². The molecule has 0 radical (unpaired) electrons. The van der Waals surface area contributed by atoms with Crippen LogP contribution < -0.4 is 10.2 Å². The Kier molecular flexibility index (Phi) is 4.93. The molecule has 0 aliphatic carbocycles. The van der Waals surface area contributed by atoms with Crippen LogP contribution in [0.5, 0.6) is 11.5 Å². The summed E-state index contributed by atoms with van der Waals surface area (Å²) in [6.07, 6.45) is 1.49. The molecule has 108 valence electrons. The average Bonchev–Trinajstić information content (AvgIpc) is 2.48. The van der Waals surface area contributed by atoms with Gasteiger partial charge in [0.25, 0.3) is 5.91 Å². The fraction of sp³-hybridized carbons (Fsp3) is 0.125. The molecule has 0 spiro atoms. The van der Waals surface area contributed by atoms with Crippen molar-refractivity contribution in [3.8, 4) is 11.5 Å². The molecule has 0 fully saturated rings. The molecule has 5 heteroatoms. The van der Waals surface area contributed by atoms with Crippen LogP contribution in [0.25, 0.3) is 0 Å². The zero-order valence-corrected chi connectivity index (χ0v) is 11.6. The fourth-order valence-electron chi connectivity index (χ4n) is 1.63. The van der Waals surface area contributed by atoms with Crippen molar-refractivity contribution in [2.45, 2.75) is 6.92 Å². The number of phenols is 1. The van der Waals surface area contributed by atoms with Gasteiger partial charge in [-0.15, -0.1) is 0 Å². The van der Waals surface area contributed by atoms with E-state index in [1.807, 2.05) is 31.2 Å². The number of hydrogen-bond acceptors (Lipinski definition) is 4. The van der Waals surface area contributed by atoms with Crippen LogP contribution in [0, 0.1) is 6.92 Å². The van der Waals surface area contributed by atoms with Crippen LogP contribution in [-0.2, 0) is 4.79 Å². The first kappa shape index (κ1) is 14.6. The van der Waals surface area contributed by atoms with Gasteiger partial charge in [0.15, 0.2) is 6.61 Å². The third-order valence-corrected chi connectivity index (χ3v) is 2.75. The number of ether oxygens (including phenoxy) is 1. The van der Waals surface area contributed by atoms with Gasteiger partial charge >= 0.3 is 0 Å². The Labute approximate surface area is 122 Å². The van der Waals surface area contributed by atoms with E-state index in [-0.39, 0.29) is 18.3 Å². The van der Waals surface area contributed by atoms with Gasteiger partial charge in [0, 0.05) is 0 Å². The van der Waals surface area contributed by atoms with Gasteiger partial charge in [-0.3, -0.25) is 4.79 Å². The van der Waals surface area contributed by atoms with Crippen LogP contribution in [0.3, 0.4) is 0 Å². The van der Waals surface area contributed by atoms with Gasteiger partial charge in [0.2, 0.25) is 0 Å². The minimum atomic E-state index is -0.340. The predicted octanol–water partition coefficient (Wildman–Crippen LogP) is 2.23. The molecule has 0 heterocycles. The highest BCUT2D eigenvalue weighted by Crippen LogP contribution is 2.15. The van der Waals surface area contributed by atoms with Crippen molar-refractivity contribution in [1.82, 2.24) is 5.43 Å². The van der Waals surface area contributed by atoms with E-state index >= 15 is 0 Å². The molecular weight excluding hydrogens is 268 g/mol. The Balaban J connectivity index is 1.80. The second-order valence-corrected chi connectivity index (χ2v) is 4.44. The third kappa shape index (κ3) is 4.65. The Hall–Kier alpha value is -2.82. The monoisotopic (exact) mass is 284 g/mol. The number of rotatable bonds is 5. The van der Waals surface area contributed by atoms with Crippen LogP contribution in [0.1, 0.15) is 11.1 Å². The number of carbonyl (C=O) groups excluding carboxylic acids is 1. The first-order chi connectivity index (χ1) is 10.1. The zero-order valence-electron chi connectivity index (χ0n) is 11.6. The van der Waals surface area contributed by atoms with E-state index in [4.69, 9.17) is 9.84 Å². The summed E-state index contributed by atoms with van der Waals surface area (Å²) < 4.78 is 5.40. The molecule has 2 N–H and O–H groups in total. The quantitative estimate of drug-likeness (QED) is 0.653. The van der Waals surface area contributed by atoms with E-state index in [1.165, 1.54) is 6.21 Å². The molecule has 0 saturated heterocycles. The Morgan fingerprint density at radius 1 is 1.24 bits per heavy atom. The lowest BCUT2D eigenvalue weighted by Gasteiger charge is -2.07. The van der Waals surface area contributed by atoms with Crippen LogP contribution in [0.4, 0.5) is 0 Å². The van der Waals surface area contributed by atoms with E-state index in [1.54, 1.807) is 24.3 Å². The van der Waals surface area contributed by atoms with E-state index in [0.29, 0.717) is 5.75 Å². The molecule has 0 bridgehead atoms. The smallest absolute Gasteiger partial charge is 0.277 e. The van der Waals surface area contributed by atoms with Gasteiger partial charge in [0.05, 0.1) is 6.21 Å². The van der Waals surface area contributed by atoms with Crippen molar-refractivity contribution < 1.29 is 14.6 Å². The van der Waals surface area contributed by atoms with Crippen LogP contribution in [0.2, 0.25) is 0 Å². The number of phenolic OH excluding ortho intramolecular Hbond substituents is 1. The van der Waals surface area contributed by atoms with Crippen molar-refractivity contribution in [1.29, 1.82) is 0 Å². The Bertz CT molecular complexity index is 636. The largest absolute Gasteiger partial charge is 0.508 e. The number of carbonyl (C=O) groups is 1. The number of nitrogens with one attached hydrogen (secondary N) is 1. The molecule has 2 rings (SSSR count). The van der Waals surface area contributed by atoms with Crippen LogP contribution >= 0.6 is 0 Å². The van der Waals surface area contributed by atoms with E-state index < -0.39 is 0 Å². The van der Waals surface area contributed by atoms with Crippen molar-refractivity contribution in [3.63, 3.8) is 0 Å². The number of para-hydroxylation sites is 1. The minimum absolute atomic E-state index is 0.0994. The zero-order chi connectivity index (χ0) is 15.1. The van der Waals surface area contributed by atoms with Crippen LogP contribution in [0.15, 0.2) is 53.6 Å². The van der Waals surface area contributed by atoms with Crippen molar-refractivity contribution in [2.75, 3.05) is 6.61 Å². The molecule has 21 heavy (non-hydrogen) atoms. The molecule has 0 saturated carbocycles. The maximum atomic E-state index is 11.6. The maximum absolute atomic E-state index is 11.6. The van der Waals surface area contributed by atoms with Gasteiger partial charge in [-0.25, -0.2) is 5.43 Å². The summed E-state index contributed by atoms with van der Waals surface area (Å²) in [5.74, 6) is 0.520. The summed E-state index contributed by atoms with van der Waals surface area (Å²) in [7, 11) is 0. The second-order valence-electron chi connectivity index (χ2n) is 4.44. The molecule has 0 aliphatic heterocycles. The topological polar surface area (TPSA) is 70.9 Å². The highest BCUT2D eigenvalue weighted by Gasteiger charge is 2.02. The first-order valence-electron chi connectivity index (χ1n) is 6.44. The molecule has 2 aromatic carbocycles. The molecule has 0 unspecified atom stereocenters. The molecule has 0 aromatic heterocycles. The minimum Gasteiger partial charge on any atom is -0.508 e. The summed E-state index contributed by atoms with van der Waals surface area (Å²) >= 11 is 0. The number of hydrazone groups is 1. The normalized spacial score (nSPS) is 10.5. The fourth-order valence-corrected chi connectivity index (χ4v) is 1.63. The van der Waals surface area contributed by atoms with E-state index in [9.17, 15) is 4.79 Å². The van der Waals surface area contributed by atoms with Gasteiger partial charge in [-0.1, -0.05) is 18.2 Å². The summed E-state index contributed by atoms with van der Waals surface area (Å²) in [6, 6.07) is 13.9. The number of aryl methyl sites for hydroxylation is 1. The molecule has 0 atom stereocenters. The van der Waals surface area contributed by atoms with Crippen LogP contribution in [-0.4, -0.2) is 23.8 Å². The Morgan fingerprint density at radius 3 is 2.67 bits per heavy atom. The van der Waals surface area contributed by atoms with Crippen molar-refractivity contribution in [3.05, 3.63) is 59.7 Å². The molecule has 1 amide bonds. The summed E-state index contributed by atoms with van der Waals surface area (Å²) in [5, 5.41) is 13.0. The van der Waals surface area contributed by atoms with Gasteiger partial charge < -0.3 is 9.84 Å². The predicted molar refractivity (Wildman–Crippen MR) is 80.5 cm³/mol. The first-order valence-corrected chi connectivity index (χ1v) is 6.44. The third-order valence-electron chi connectivity index (χ3n) is 2.75. The average molecular weight is 284 g/mol. The maximum Gasteiger partial charge on any atom is 0.277 e. The summed E-state index contributed by atoms with van der Waals surface area (Å²) in [5.41, 5.74) is 4.12. The summed E-state index contributed by atoms with van der Waals surface area (Å²) in [6.45, 7) is 1.81. The van der Waals surface area contributed by atoms with E-state index in [2.05, 4.69) is 10.5 Å². The molecule has 2 aromatic rings. The SMILES string of the molecule is Cc1ccccc1OCC(=O)NN=Cc1ccc(O)cc1. The second kappa shape index (κ2) is 7.09. The van der Waals surface area contributed by atoms with Gasteiger partial charge in [-0.05, 0) is 48.4 Å². The molecule has 0 aliphatic rings.